The molecule has 0 spiro atoms. The molecule has 0 atom stereocenters. The summed E-state index contributed by atoms with van der Waals surface area (Å²) in [6, 6.07) is 15.0. The zero-order valence-corrected chi connectivity index (χ0v) is 13.4. The van der Waals surface area contributed by atoms with Crippen LogP contribution in [-0.2, 0) is 19.3 Å². The molecule has 0 saturated heterocycles. The van der Waals surface area contributed by atoms with Crippen molar-refractivity contribution in [2.24, 2.45) is 0 Å². The van der Waals surface area contributed by atoms with E-state index in [9.17, 15) is 0 Å². The Bertz CT molecular complexity index is 675. The molecule has 0 bridgehead atoms. The molecule has 0 amide bonds. The highest BCUT2D eigenvalue weighted by molar-refractivity contribution is 5.70. The number of rotatable bonds is 7. The molecule has 0 N–H and O–H groups in total. The Labute approximate surface area is 134 Å². The first-order chi connectivity index (χ1) is 10.7. The van der Waals surface area contributed by atoms with Gasteiger partial charge in [-0.25, -0.2) is 0 Å². The monoisotopic (exact) mass is 288 g/mol. The van der Waals surface area contributed by atoms with Crippen LogP contribution in [0.1, 0.15) is 23.6 Å². The van der Waals surface area contributed by atoms with Crippen molar-refractivity contribution in [2.75, 3.05) is 0 Å². The van der Waals surface area contributed by atoms with E-state index in [0.717, 1.165) is 19.3 Å². The quantitative estimate of drug-likeness (QED) is 0.554. The summed E-state index contributed by atoms with van der Waals surface area (Å²) >= 11 is 0. The third-order valence-corrected chi connectivity index (χ3v) is 3.80. The lowest BCUT2D eigenvalue weighted by Gasteiger charge is -2.18. The Hall–Kier alpha value is -2.34. The van der Waals surface area contributed by atoms with Crippen LogP contribution in [0.5, 0.6) is 0 Å². The molecule has 2 rings (SSSR count). The Morgan fingerprint density at radius 2 is 1.59 bits per heavy atom. The van der Waals surface area contributed by atoms with E-state index < -0.39 is 0 Å². The van der Waals surface area contributed by atoms with E-state index >= 15 is 0 Å². The highest BCUT2D eigenvalue weighted by Gasteiger charge is 2.13. The average molecular weight is 288 g/mol. The van der Waals surface area contributed by atoms with E-state index in [2.05, 4.69) is 69.1 Å². The van der Waals surface area contributed by atoms with Gasteiger partial charge in [0.05, 0.1) is 0 Å². The van der Waals surface area contributed by atoms with E-state index in [4.69, 9.17) is 0 Å². The van der Waals surface area contributed by atoms with Gasteiger partial charge in [-0.3, -0.25) is 0 Å². The highest BCUT2D eigenvalue weighted by atomic mass is 14.2. The van der Waals surface area contributed by atoms with Crippen LogP contribution < -0.4 is 0 Å². The van der Waals surface area contributed by atoms with Gasteiger partial charge in [0.2, 0.25) is 0 Å². The number of allylic oxidation sites excluding steroid dienone is 3. The molecule has 22 heavy (non-hydrogen) atoms. The van der Waals surface area contributed by atoms with Crippen LogP contribution in [-0.4, -0.2) is 0 Å². The molecule has 0 saturated carbocycles. The van der Waals surface area contributed by atoms with Crippen molar-refractivity contribution >= 4 is 0 Å². The summed E-state index contributed by atoms with van der Waals surface area (Å²) in [7, 11) is 0. The predicted octanol–water partition coefficient (Wildman–Crippen LogP) is 5.93. The zero-order chi connectivity index (χ0) is 15.9. The minimum atomic E-state index is 0.881. The van der Waals surface area contributed by atoms with Gasteiger partial charge in [-0.15, -0.1) is 13.2 Å². The molecule has 0 aromatic heterocycles. The van der Waals surface area contributed by atoms with Crippen molar-refractivity contribution in [1.82, 2.24) is 0 Å². The molecule has 112 valence electrons. The maximum Gasteiger partial charge on any atom is -0.00635 e. The summed E-state index contributed by atoms with van der Waals surface area (Å²) in [5.41, 5.74) is 7.82. The van der Waals surface area contributed by atoms with Crippen LogP contribution >= 0.6 is 0 Å². The van der Waals surface area contributed by atoms with E-state index in [0.29, 0.717) is 0 Å². The molecule has 2 aromatic carbocycles. The van der Waals surface area contributed by atoms with Crippen LogP contribution in [0.4, 0.5) is 0 Å². The second-order valence-corrected chi connectivity index (χ2v) is 5.71. The fourth-order valence-corrected chi connectivity index (χ4v) is 2.88. The summed E-state index contributed by atoms with van der Waals surface area (Å²) in [6.45, 7) is 14.0. The van der Waals surface area contributed by atoms with E-state index in [1.54, 1.807) is 0 Å². The number of hydrogen-bond donors (Lipinski definition) is 0. The zero-order valence-electron chi connectivity index (χ0n) is 13.4. The number of benzene rings is 2. The molecule has 0 fully saturated rings. The second-order valence-electron chi connectivity index (χ2n) is 5.71. The van der Waals surface area contributed by atoms with Crippen molar-refractivity contribution < 1.29 is 0 Å². The van der Waals surface area contributed by atoms with E-state index in [1.807, 2.05) is 12.2 Å². The molecule has 0 heterocycles. The molecule has 0 aliphatic carbocycles. The molecular formula is C22H24. The van der Waals surface area contributed by atoms with Gasteiger partial charge in [0, 0.05) is 0 Å². The summed E-state index contributed by atoms with van der Waals surface area (Å²) in [6.07, 6.45) is 6.62. The Balaban J connectivity index is 2.67. The lowest BCUT2D eigenvalue weighted by Crippen LogP contribution is -2.03. The maximum atomic E-state index is 4.12. The smallest absolute Gasteiger partial charge is 0.00635 e. The van der Waals surface area contributed by atoms with E-state index in [-0.39, 0.29) is 0 Å². The van der Waals surface area contributed by atoms with Gasteiger partial charge < -0.3 is 0 Å². The molecule has 0 aliphatic heterocycles. The molecule has 0 aliphatic rings. The van der Waals surface area contributed by atoms with E-state index in [1.165, 1.54) is 33.4 Å². The number of hydrogen-bond acceptors (Lipinski definition) is 0. The van der Waals surface area contributed by atoms with Gasteiger partial charge in [0.25, 0.3) is 0 Å². The topological polar surface area (TPSA) is 0 Å². The predicted molar refractivity (Wildman–Crippen MR) is 98.2 cm³/mol. The Morgan fingerprint density at radius 1 is 0.909 bits per heavy atom. The molecular weight excluding hydrogens is 264 g/mol. The van der Waals surface area contributed by atoms with Gasteiger partial charge in [0.15, 0.2) is 0 Å². The third kappa shape index (κ3) is 3.65. The highest BCUT2D eigenvalue weighted by Crippen LogP contribution is 2.31. The summed E-state index contributed by atoms with van der Waals surface area (Å²) in [5, 5.41) is 0. The van der Waals surface area contributed by atoms with Crippen molar-refractivity contribution in [3.63, 3.8) is 0 Å². The lowest BCUT2D eigenvalue weighted by molar-refractivity contribution is 1.06. The minimum Gasteiger partial charge on any atom is -0.103 e. The largest absolute Gasteiger partial charge is 0.103 e. The SMILES string of the molecule is C=CCc1ccc(-c2ccccc2)c(CC(=C)C)c1CC=C. The van der Waals surface area contributed by atoms with Crippen molar-refractivity contribution in [1.29, 1.82) is 0 Å². The van der Waals surface area contributed by atoms with Crippen LogP contribution in [0.3, 0.4) is 0 Å². The average Bonchev–Trinajstić information content (AvgIpc) is 2.51. The van der Waals surface area contributed by atoms with Crippen LogP contribution in [0.25, 0.3) is 11.1 Å². The second kappa shape index (κ2) is 7.61. The Kier molecular flexibility index (Phi) is 5.55. The minimum absolute atomic E-state index is 0.881. The molecule has 0 radical (unpaired) electrons. The first kappa shape index (κ1) is 16.0. The van der Waals surface area contributed by atoms with Crippen LogP contribution in [0.15, 0.2) is 79.9 Å². The van der Waals surface area contributed by atoms with Crippen molar-refractivity contribution in [3.05, 3.63) is 96.6 Å². The van der Waals surface area contributed by atoms with Gasteiger partial charge in [-0.1, -0.05) is 66.8 Å². The fraction of sp³-hybridized carbons (Fsp3) is 0.182. The lowest BCUT2D eigenvalue weighted by atomic mass is 9.86. The molecule has 0 heteroatoms. The van der Waals surface area contributed by atoms with Gasteiger partial charge in [-0.05, 0) is 54.0 Å². The Morgan fingerprint density at radius 3 is 2.18 bits per heavy atom. The van der Waals surface area contributed by atoms with Crippen LogP contribution in [0.2, 0.25) is 0 Å². The summed E-state index contributed by atoms with van der Waals surface area (Å²) in [4.78, 5) is 0. The normalized spacial score (nSPS) is 10.2. The standard InChI is InChI=1S/C22H24/c1-5-10-18-14-15-21(19-12-8-7-9-13-19)22(16-17(3)4)20(18)11-6-2/h5-9,12-15H,1-3,10-11,16H2,4H3. The molecule has 2 aromatic rings. The fourth-order valence-electron chi connectivity index (χ4n) is 2.88. The summed E-state index contributed by atoms with van der Waals surface area (Å²) < 4.78 is 0. The van der Waals surface area contributed by atoms with Crippen molar-refractivity contribution in [3.8, 4) is 11.1 Å². The maximum absolute atomic E-state index is 4.12. The van der Waals surface area contributed by atoms with Gasteiger partial charge in [0.1, 0.15) is 0 Å². The first-order valence-corrected chi connectivity index (χ1v) is 7.72. The van der Waals surface area contributed by atoms with Gasteiger partial charge >= 0.3 is 0 Å². The first-order valence-electron chi connectivity index (χ1n) is 7.72. The van der Waals surface area contributed by atoms with Crippen LogP contribution in [0, 0.1) is 0 Å². The summed E-state index contributed by atoms with van der Waals surface area (Å²) in [5.74, 6) is 0. The third-order valence-electron chi connectivity index (χ3n) is 3.80. The molecule has 0 unspecified atom stereocenters. The van der Waals surface area contributed by atoms with Crippen molar-refractivity contribution in [2.45, 2.75) is 26.2 Å². The van der Waals surface area contributed by atoms with Gasteiger partial charge in [-0.2, -0.15) is 0 Å². The molecule has 0 nitrogen and oxygen atoms in total.